The first kappa shape index (κ1) is 18.5. The van der Waals surface area contributed by atoms with Crippen LogP contribution in [0.4, 0.5) is 13.2 Å². The predicted octanol–water partition coefficient (Wildman–Crippen LogP) is 3.34. The van der Waals surface area contributed by atoms with Gasteiger partial charge < -0.3 is 9.88 Å². The zero-order chi connectivity index (χ0) is 17.9. The maximum atomic E-state index is 12.3. The summed E-state index contributed by atoms with van der Waals surface area (Å²) in [5.41, 5.74) is 2.92. The smallest absolute Gasteiger partial charge is 0.348 e. The molecule has 7 heteroatoms. The molecule has 0 fully saturated rings. The summed E-state index contributed by atoms with van der Waals surface area (Å²) in [5.74, 6) is -0.711. The van der Waals surface area contributed by atoms with E-state index < -0.39 is 18.6 Å². The number of aromatic nitrogens is 1. The number of halogens is 3. The van der Waals surface area contributed by atoms with Gasteiger partial charge in [-0.3, -0.25) is 9.59 Å². The standard InChI is InChI=1S/C17H23F3N2O2/c1-3-4-8-22-11(2)12(9-15(24)21-10-17(18,19)20)16-13(22)6-5-7-14(16)23/h3-10H2,1-2H3,(H,21,24). The van der Waals surface area contributed by atoms with Gasteiger partial charge in [-0.05, 0) is 31.7 Å². The Bertz CT molecular complexity index is 633. The Balaban J connectivity index is 2.27. The lowest BCUT2D eigenvalue weighted by Gasteiger charge is -2.15. The fourth-order valence-corrected chi connectivity index (χ4v) is 3.24. The number of nitrogens with one attached hydrogen (secondary N) is 1. The van der Waals surface area contributed by atoms with Crippen LogP contribution in [0.3, 0.4) is 0 Å². The molecule has 0 bridgehead atoms. The van der Waals surface area contributed by atoms with E-state index in [0.717, 1.165) is 43.6 Å². The molecule has 0 atom stereocenters. The molecule has 1 heterocycles. The topological polar surface area (TPSA) is 51.1 Å². The van der Waals surface area contributed by atoms with Crippen LogP contribution in [0.2, 0.25) is 0 Å². The van der Waals surface area contributed by atoms with Gasteiger partial charge in [0.1, 0.15) is 6.54 Å². The van der Waals surface area contributed by atoms with Gasteiger partial charge in [0.15, 0.2) is 5.78 Å². The van der Waals surface area contributed by atoms with E-state index in [1.54, 1.807) is 0 Å². The molecule has 1 aliphatic carbocycles. The monoisotopic (exact) mass is 344 g/mol. The highest BCUT2D eigenvalue weighted by atomic mass is 19.4. The Morgan fingerprint density at radius 1 is 1.29 bits per heavy atom. The van der Waals surface area contributed by atoms with Crippen molar-refractivity contribution in [2.45, 2.75) is 65.1 Å². The minimum atomic E-state index is -4.44. The quantitative estimate of drug-likeness (QED) is 0.860. The minimum Gasteiger partial charge on any atom is -0.348 e. The van der Waals surface area contributed by atoms with Crippen LogP contribution in [0.15, 0.2) is 0 Å². The first-order valence-electron chi connectivity index (χ1n) is 8.32. The SMILES string of the molecule is CCCCn1c(C)c(CC(=O)NCC(F)(F)F)c2c1CCCC2=O. The third-order valence-electron chi connectivity index (χ3n) is 4.41. The Kier molecular flexibility index (Phi) is 5.72. The summed E-state index contributed by atoms with van der Waals surface area (Å²) < 4.78 is 38.8. The first-order valence-corrected chi connectivity index (χ1v) is 8.32. The van der Waals surface area contributed by atoms with E-state index in [4.69, 9.17) is 0 Å². The lowest BCUT2D eigenvalue weighted by Crippen LogP contribution is -2.35. The fraction of sp³-hybridized carbons (Fsp3) is 0.647. The van der Waals surface area contributed by atoms with E-state index in [9.17, 15) is 22.8 Å². The van der Waals surface area contributed by atoms with Crippen molar-refractivity contribution in [3.05, 3.63) is 22.5 Å². The molecular weight excluding hydrogens is 321 g/mol. The highest BCUT2D eigenvalue weighted by molar-refractivity contribution is 6.01. The summed E-state index contributed by atoms with van der Waals surface area (Å²) in [4.78, 5) is 24.2. The van der Waals surface area contributed by atoms with Crippen LogP contribution < -0.4 is 5.32 Å². The van der Waals surface area contributed by atoms with Gasteiger partial charge in [-0.2, -0.15) is 13.2 Å². The molecule has 0 spiro atoms. The van der Waals surface area contributed by atoms with Crippen molar-refractivity contribution in [2.75, 3.05) is 6.54 Å². The summed E-state index contributed by atoms with van der Waals surface area (Å²) in [6.45, 7) is 3.33. The number of carbonyl (C=O) groups excluding carboxylic acids is 2. The highest BCUT2D eigenvalue weighted by Crippen LogP contribution is 2.30. The number of rotatable bonds is 6. The number of hydrogen-bond acceptors (Lipinski definition) is 2. The fourth-order valence-electron chi connectivity index (χ4n) is 3.24. The van der Waals surface area contributed by atoms with E-state index in [2.05, 4.69) is 11.5 Å². The van der Waals surface area contributed by atoms with Crippen LogP contribution in [-0.2, 0) is 24.2 Å². The van der Waals surface area contributed by atoms with Crippen LogP contribution in [0, 0.1) is 6.92 Å². The van der Waals surface area contributed by atoms with Gasteiger partial charge in [-0.15, -0.1) is 0 Å². The average molecular weight is 344 g/mol. The molecule has 24 heavy (non-hydrogen) atoms. The third kappa shape index (κ3) is 4.19. The summed E-state index contributed by atoms with van der Waals surface area (Å²) in [7, 11) is 0. The van der Waals surface area contributed by atoms with E-state index >= 15 is 0 Å². The second-order valence-corrected chi connectivity index (χ2v) is 6.24. The molecule has 0 saturated carbocycles. The Hall–Kier alpha value is -1.79. The molecule has 134 valence electrons. The number of carbonyl (C=O) groups is 2. The molecular formula is C17H23F3N2O2. The van der Waals surface area contributed by atoms with Crippen LogP contribution in [0.1, 0.15) is 59.9 Å². The molecule has 1 aromatic heterocycles. The second kappa shape index (κ2) is 7.40. The van der Waals surface area contributed by atoms with Gasteiger partial charge in [-0.1, -0.05) is 13.3 Å². The van der Waals surface area contributed by atoms with Gasteiger partial charge in [0.2, 0.25) is 5.91 Å². The molecule has 0 saturated heterocycles. The van der Waals surface area contributed by atoms with Crippen molar-refractivity contribution in [3.63, 3.8) is 0 Å². The van der Waals surface area contributed by atoms with Gasteiger partial charge in [0.05, 0.1) is 6.42 Å². The molecule has 1 aromatic rings. The van der Waals surface area contributed by atoms with Crippen LogP contribution in [0.5, 0.6) is 0 Å². The molecule has 4 nitrogen and oxygen atoms in total. The molecule has 0 unspecified atom stereocenters. The van der Waals surface area contributed by atoms with E-state index in [0.29, 0.717) is 17.5 Å². The Morgan fingerprint density at radius 3 is 2.62 bits per heavy atom. The normalized spacial score (nSPS) is 14.6. The largest absolute Gasteiger partial charge is 0.405 e. The molecule has 2 rings (SSSR count). The molecule has 1 amide bonds. The molecule has 0 aliphatic heterocycles. The lowest BCUT2D eigenvalue weighted by atomic mass is 9.92. The van der Waals surface area contributed by atoms with Crippen molar-refractivity contribution in [3.8, 4) is 0 Å². The van der Waals surface area contributed by atoms with Gasteiger partial charge >= 0.3 is 6.18 Å². The predicted molar refractivity (Wildman–Crippen MR) is 84.1 cm³/mol. The maximum absolute atomic E-state index is 12.3. The van der Waals surface area contributed by atoms with Gasteiger partial charge in [0, 0.05) is 29.9 Å². The number of ketones is 1. The van der Waals surface area contributed by atoms with Crippen molar-refractivity contribution >= 4 is 11.7 Å². The number of unbranched alkanes of at least 4 members (excludes halogenated alkanes) is 1. The molecule has 0 aromatic carbocycles. The van der Waals surface area contributed by atoms with Crippen LogP contribution >= 0.6 is 0 Å². The minimum absolute atomic E-state index is 0.00628. The van der Waals surface area contributed by atoms with Crippen molar-refractivity contribution < 1.29 is 22.8 Å². The zero-order valence-electron chi connectivity index (χ0n) is 14.1. The van der Waals surface area contributed by atoms with Gasteiger partial charge in [-0.25, -0.2) is 0 Å². The van der Waals surface area contributed by atoms with E-state index in [1.165, 1.54) is 0 Å². The summed E-state index contributed by atoms with van der Waals surface area (Å²) >= 11 is 0. The van der Waals surface area contributed by atoms with Crippen molar-refractivity contribution in [1.82, 2.24) is 9.88 Å². The molecule has 1 aliphatic rings. The molecule has 1 N–H and O–H groups in total. The Labute approximate surface area is 139 Å². The lowest BCUT2D eigenvalue weighted by molar-refractivity contribution is -0.138. The van der Waals surface area contributed by atoms with Crippen LogP contribution in [0.25, 0.3) is 0 Å². The second-order valence-electron chi connectivity index (χ2n) is 6.24. The van der Waals surface area contributed by atoms with Crippen LogP contribution in [-0.4, -0.2) is 29.0 Å². The number of fused-ring (bicyclic) bond motifs is 1. The van der Waals surface area contributed by atoms with Crippen molar-refractivity contribution in [1.29, 1.82) is 0 Å². The Morgan fingerprint density at radius 2 is 2.00 bits per heavy atom. The maximum Gasteiger partial charge on any atom is 0.405 e. The number of nitrogens with zero attached hydrogens (tertiary/aromatic N) is 1. The van der Waals surface area contributed by atoms with E-state index in [-0.39, 0.29) is 12.2 Å². The zero-order valence-corrected chi connectivity index (χ0v) is 14.1. The number of Topliss-reactive ketones (excluding diaryl/α,β-unsaturated/α-hetero) is 1. The third-order valence-corrected chi connectivity index (χ3v) is 4.41. The summed E-state index contributed by atoms with van der Waals surface area (Å²) in [5, 5.41) is 1.89. The number of hydrogen-bond donors (Lipinski definition) is 1. The summed E-state index contributed by atoms with van der Waals surface area (Å²) in [6, 6.07) is 0. The number of alkyl halides is 3. The van der Waals surface area contributed by atoms with Gasteiger partial charge in [0.25, 0.3) is 0 Å². The number of amides is 1. The molecule has 0 radical (unpaired) electrons. The first-order chi connectivity index (χ1) is 11.2. The highest BCUT2D eigenvalue weighted by Gasteiger charge is 2.31. The summed E-state index contributed by atoms with van der Waals surface area (Å²) in [6.07, 6.45) is -0.682. The average Bonchev–Trinajstić information content (AvgIpc) is 2.76. The van der Waals surface area contributed by atoms with Crippen molar-refractivity contribution in [2.24, 2.45) is 0 Å². The van der Waals surface area contributed by atoms with E-state index in [1.807, 2.05) is 12.2 Å².